The van der Waals surface area contributed by atoms with Gasteiger partial charge in [-0.2, -0.15) is 13.2 Å². The van der Waals surface area contributed by atoms with Crippen molar-refractivity contribution in [3.8, 4) is 0 Å². The van der Waals surface area contributed by atoms with Gasteiger partial charge in [-0.3, -0.25) is 0 Å². The van der Waals surface area contributed by atoms with E-state index in [2.05, 4.69) is 13.8 Å². The average molecular weight is 304 g/mol. The molecule has 5 heteroatoms. The summed E-state index contributed by atoms with van der Waals surface area (Å²) in [5.41, 5.74) is -1.16. The SMILES string of the molecule is CC1CCC(C(O)c2cc(C(F)(F)F)ccc2F)CC1C. The zero-order chi connectivity index (χ0) is 15.8. The van der Waals surface area contributed by atoms with Gasteiger partial charge in [-0.1, -0.05) is 20.3 Å². The Morgan fingerprint density at radius 2 is 1.81 bits per heavy atom. The number of benzene rings is 1. The van der Waals surface area contributed by atoms with E-state index in [1.165, 1.54) is 0 Å². The first-order valence-corrected chi connectivity index (χ1v) is 7.25. The predicted molar refractivity (Wildman–Crippen MR) is 72.0 cm³/mol. The smallest absolute Gasteiger partial charge is 0.388 e. The minimum Gasteiger partial charge on any atom is -0.388 e. The molecule has 118 valence electrons. The summed E-state index contributed by atoms with van der Waals surface area (Å²) in [5, 5.41) is 10.3. The van der Waals surface area contributed by atoms with Crippen molar-refractivity contribution in [1.82, 2.24) is 0 Å². The Labute approximate surface area is 122 Å². The minimum atomic E-state index is -4.53. The third kappa shape index (κ3) is 3.57. The Kier molecular flexibility index (Phi) is 4.61. The highest BCUT2D eigenvalue weighted by atomic mass is 19.4. The topological polar surface area (TPSA) is 20.2 Å². The van der Waals surface area contributed by atoms with Crippen LogP contribution in [0.25, 0.3) is 0 Å². The molecule has 1 aliphatic rings. The van der Waals surface area contributed by atoms with Crippen LogP contribution in [0.15, 0.2) is 18.2 Å². The largest absolute Gasteiger partial charge is 0.416 e. The Morgan fingerprint density at radius 3 is 2.38 bits per heavy atom. The summed E-state index contributed by atoms with van der Waals surface area (Å²) in [5.74, 6) is -0.0528. The molecule has 1 fully saturated rings. The molecule has 0 spiro atoms. The average Bonchev–Trinajstić information content (AvgIpc) is 2.40. The van der Waals surface area contributed by atoms with Gasteiger partial charge in [-0.05, 0) is 48.8 Å². The van der Waals surface area contributed by atoms with Crippen LogP contribution >= 0.6 is 0 Å². The molecule has 1 aromatic rings. The lowest BCUT2D eigenvalue weighted by molar-refractivity contribution is -0.137. The number of aliphatic hydroxyl groups is 1. The van der Waals surface area contributed by atoms with Crippen LogP contribution in [0.4, 0.5) is 17.6 Å². The van der Waals surface area contributed by atoms with Gasteiger partial charge in [0, 0.05) is 5.56 Å². The molecule has 21 heavy (non-hydrogen) atoms. The van der Waals surface area contributed by atoms with Crippen LogP contribution in [0.1, 0.15) is 50.3 Å². The maximum atomic E-state index is 13.8. The number of alkyl halides is 3. The summed E-state index contributed by atoms with van der Waals surface area (Å²) in [6, 6.07) is 2.23. The van der Waals surface area contributed by atoms with Crippen LogP contribution in [-0.4, -0.2) is 5.11 Å². The van der Waals surface area contributed by atoms with Crippen LogP contribution in [0.3, 0.4) is 0 Å². The van der Waals surface area contributed by atoms with Crippen LogP contribution in [0, 0.1) is 23.6 Å². The van der Waals surface area contributed by atoms with Gasteiger partial charge in [0.2, 0.25) is 0 Å². The molecule has 0 bridgehead atoms. The molecule has 1 nitrogen and oxygen atoms in total. The van der Waals surface area contributed by atoms with Gasteiger partial charge in [0.1, 0.15) is 5.82 Å². The molecular formula is C16H20F4O. The standard InChI is InChI=1S/C16H20F4O/c1-9-3-4-11(7-10(9)2)15(21)13-8-12(16(18,19)20)5-6-14(13)17/h5-6,8-11,15,21H,3-4,7H2,1-2H3. The molecule has 1 N–H and O–H groups in total. The molecular weight excluding hydrogens is 284 g/mol. The van der Waals surface area contributed by atoms with E-state index < -0.39 is 23.7 Å². The van der Waals surface area contributed by atoms with E-state index in [9.17, 15) is 22.7 Å². The zero-order valence-corrected chi connectivity index (χ0v) is 12.1. The molecule has 0 heterocycles. The van der Waals surface area contributed by atoms with Gasteiger partial charge in [-0.15, -0.1) is 0 Å². The molecule has 0 amide bonds. The molecule has 2 rings (SSSR count). The Balaban J connectivity index is 2.24. The van der Waals surface area contributed by atoms with Gasteiger partial charge in [-0.25, -0.2) is 4.39 Å². The molecule has 1 aromatic carbocycles. The summed E-state index contributed by atoms with van der Waals surface area (Å²) in [6.07, 6.45) is -3.39. The van der Waals surface area contributed by atoms with E-state index in [-0.39, 0.29) is 11.5 Å². The number of hydrogen-bond donors (Lipinski definition) is 1. The fourth-order valence-electron chi connectivity index (χ4n) is 3.08. The number of rotatable bonds is 2. The van der Waals surface area contributed by atoms with Crippen LogP contribution in [0.2, 0.25) is 0 Å². The molecule has 4 atom stereocenters. The molecule has 4 unspecified atom stereocenters. The number of hydrogen-bond acceptors (Lipinski definition) is 1. The highest BCUT2D eigenvalue weighted by Crippen LogP contribution is 2.41. The highest BCUT2D eigenvalue weighted by Gasteiger charge is 2.35. The predicted octanol–water partition coefficient (Wildman–Crippen LogP) is 4.95. The van der Waals surface area contributed by atoms with E-state index in [1.807, 2.05) is 0 Å². The van der Waals surface area contributed by atoms with Crippen molar-refractivity contribution < 1.29 is 22.7 Å². The normalized spacial score (nSPS) is 28.4. The number of aliphatic hydroxyl groups excluding tert-OH is 1. The lowest BCUT2D eigenvalue weighted by Gasteiger charge is -2.35. The molecule has 0 aromatic heterocycles. The van der Waals surface area contributed by atoms with Crippen molar-refractivity contribution in [3.63, 3.8) is 0 Å². The first-order valence-electron chi connectivity index (χ1n) is 7.25. The summed E-state index contributed by atoms with van der Waals surface area (Å²) in [4.78, 5) is 0. The highest BCUT2D eigenvalue weighted by molar-refractivity contribution is 5.29. The fourth-order valence-corrected chi connectivity index (χ4v) is 3.08. The van der Waals surface area contributed by atoms with Crippen LogP contribution in [0.5, 0.6) is 0 Å². The summed E-state index contributed by atoms with van der Waals surface area (Å²) in [7, 11) is 0. The Morgan fingerprint density at radius 1 is 1.14 bits per heavy atom. The second kappa shape index (κ2) is 5.95. The van der Waals surface area contributed by atoms with E-state index in [4.69, 9.17) is 0 Å². The van der Waals surface area contributed by atoms with E-state index >= 15 is 0 Å². The van der Waals surface area contributed by atoms with Gasteiger partial charge >= 0.3 is 6.18 Å². The third-order valence-corrected chi connectivity index (χ3v) is 4.73. The lowest BCUT2D eigenvalue weighted by atomic mass is 9.73. The van der Waals surface area contributed by atoms with Gasteiger partial charge in [0.15, 0.2) is 0 Å². The zero-order valence-electron chi connectivity index (χ0n) is 12.1. The van der Waals surface area contributed by atoms with Crippen LogP contribution in [-0.2, 0) is 6.18 Å². The quantitative estimate of drug-likeness (QED) is 0.766. The maximum Gasteiger partial charge on any atom is 0.416 e. The van der Waals surface area contributed by atoms with Gasteiger partial charge in [0.25, 0.3) is 0 Å². The van der Waals surface area contributed by atoms with Crippen molar-refractivity contribution in [3.05, 3.63) is 35.1 Å². The fraction of sp³-hybridized carbons (Fsp3) is 0.625. The monoisotopic (exact) mass is 304 g/mol. The molecule has 1 aliphatic carbocycles. The third-order valence-electron chi connectivity index (χ3n) is 4.73. The van der Waals surface area contributed by atoms with Crippen LogP contribution < -0.4 is 0 Å². The van der Waals surface area contributed by atoms with Crippen molar-refractivity contribution in [2.45, 2.75) is 45.4 Å². The summed E-state index contributed by atoms with van der Waals surface area (Å²) >= 11 is 0. The molecule has 0 radical (unpaired) electrons. The molecule has 0 saturated heterocycles. The van der Waals surface area contributed by atoms with Crippen molar-refractivity contribution in [2.24, 2.45) is 17.8 Å². The van der Waals surface area contributed by atoms with E-state index in [0.717, 1.165) is 18.6 Å². The summed E-state index contributed by atoms with van der Waals surface area (Å²) in [6.45, 7) is 4.18. The van der Waals surface area contributed by atoms with E-state index in [0.29, 0.717) is 30.7 Å². The van der Waals surface area contributed by atoms with Crippen molar-refractivity contribution in [1.29, 1.82) is 0 Å². The maximum absolute atomic E-state index is 13.8. The first kappa shape index (κ1) is 16.3. The number of halogens is 4. The Hall–Kier alpha value is -1.10. The Bertz CT molecular complexity index is 498. The summed E-state index contributed by atoms with van der Waals surface area (Å²) < 4.78 is 52.0. The first-order chi connectivity index (χ1) is 9.70. The second-order valence-electron chi connectivity index (χ2n) is 6.21. The molecule has 0 aliphatic heterocycles. The second-order valence-corrected chi connectivity index (χ2v) is 6.21. The van der Waals surface area contributed by atoms with E-state index in [1.54, 1.807) is 0 Å². The lowest BCUT2D eigenvalue weighted by Crippen LogP contribution is -2.26. The van der Waals surface area contributed by atoms with Gasteiger partial charge in [0.05, 0.1) is 11.7 Å². The van der Waals surface area contributed by atoms with Crippen molar-refractivity contribution in [2.75, 3.05) is 0 Å². The molecule has 1 saturated carbocycles. The van der Waals surface area contributed by atoms with Gasteiger partial charge < -0.3 is 5.11 Å². The van der Waals surface area contributed by atoms with Crippen molar-refractivity contribution >= 4 is 0 Å². The minimum absolute atomic E-state index is 0.186.